The van der Waals surface area contributed by atoms with Crippen molar-refractivity contribution in [3.05, 3.63) is 66.1 Å². The van der Waals surface area contributed by atoms with E-state index >= 15 is 0 Å². The zero-order chi connectivity index (χ0) is 30.3. The fourth-order valence-electron chi connectivity index (χ4n) is 5.08. The van der Waals surface area contributed by atoms with Gasteiger partial charge in [-0.1, -0.05) is 12.1 Å². The first kappa shape index (κ1) is 28.0. The highest BCUT2D eigenvalue weighted by atomic mass is 16.6. The van der Waals surface area contributed by atoms with E-state index in [-0.39, 0.29) is 12.2 Å². The Hall–Kier alpha value is -5.13. The summed E-state index contributed by atoms with van der Waals surface area (Å²) < 4.78 is 25.6. The van der Waals surface area contributed by atoms with E-state index in [1.54, 1.807) is 57.8 Å². The number of methoxy groups -OCH3 is 1. The first-order valence-electron chi connectivity index (χ1n) is 14.0. The normalized spacial score (nSPS) is 13.1. The maximum Gasteiger partial charge on any atom is 0.420 e. The van der Waals surface area contributed by atoms with Crippen LogP contribution in [0.1, 0.15) is 43.6 Å². The number of aromatic nitrogens is 5. The molecular formula is C31H32N6O6. The lowest BCUT2D eigenvalue weighted by molar-refractivity contribution is 0.0523. The molecule has 1 aliphatic rings. The number of rotatable bonds is 6. The highest BCUT2D eigenvalue weighted by Crippen LogP contribution is 2.43. The number of pyridine rings is 1. The summed E-state index contributed by atoms with van der Waals surface area (Å²) in [7, 11) is 1.63. The molecule has 43 heavy (non-hydrogen) atoms. The van der Waals surface area contributed by atoms with Crippen molar-refractivity contribution < 1.29 is 28.5 Å². The second-order valence-corrected chi connectivity index (χ2v) is 11.0. The Morgan fingerprint density at radius 1 is 1.09 bits per heavy atom. The van der Waals surface area contributed by atoms with Gasteiger partial charge in [-0.25, -0.2) is 24.1 Å². The summed E-state index contributed by atoms with van der Waals surface area (Å²) in [5, 5.41) is 5.21. The molecule has 0 spiro atoms. The third-order valence-electron chi connectivity index (χ3n) is 6.92. The van der Waals surface area contributed by atoms with Gasteiger partial charge in [-0.2, -0.15) is 9.61 Å². The monoisotopic (exact) mass is 584 g/mol. The summed E-state index contributed by atoms with van der Waals surface area (Å²) in [6.45, 7) is 8.85. The number of carbonyl (C=O) groups excluding carboxylic acids is 2. The molecule has 0 amide bonds. The highest BCUT2D eigenvalue weighted by Gasteiger charge is 2.32. The van der Waals surface area contributed by atoms with E-state index in [4.69, 9.17) is 23.9 Å². The number of hydrogen-bond acceptors (Lipinski definition) is 10. The number of carbonyl (C=O) groups is 2. The van der Waals surface area contributed by atoms with Crippen LogP contribution >= 0.6 is 0 Å². The number of nitrogens with zero attached hydrogens (tertiary/aromatic N) is 6. The molecule has 0 N–H and O–H groups in total. The molecule has 0 saturated heterocycles. The second kappa shape index (κ2) is 10.9. The van der Waals surface area contributed by atoms with E-state index in [9.17, 15) is 9.59 Å². The van der Waals surface area contributed by atoms with Crippen LogP contribution in [-0.2, 0) is 16.0 Å². The quantitative estimate of drug-likeness (QED) is 0.249. The van der Waals surface area contributed by atoms with Crippen LogP contribution in [0.2, 0.25) is 0 Å². The molecule has 0 aliphatic carbocycles. The Kier molecular flexibility index (Phi) is 7.12. The Bertz CT molecular complexity index is 1840. The van der Waals surface area contributed by atoms with Crippen LogP contribution in [0.3, 0.4) is 0 Å². The largest absolute Gasteiger partial charge is 0.497 e. The Morgan fingerprint density at radius 3 is 2.60 bits per heavy atom. The fraction of sp³-hybridized carbons (Fsp3) is 0.323. The van der Waals surface area contributed by atoms with Gasteiger partial charge in [0.1, 0.15) is 34.9 Å². The number of esters is 1. The summed E-state index contributed by atoms with van der Waals surface area (Å²) in [5.41, 5.74) is 2.30. The van der Waals surface area contributed by atoms with Crippen molar-refractivity contribution in [3.8, 4) is 22.8 Å². The lowest BCUT2D eigenvalue weighted by Crippen LogP contribution is -2.34. The Balaban J connectivity index is 1.57. The first-order valence-corrected chi connectivity index (χ1v) is 14.0. The maximum absolute atomic E-state index is 13.3. The third kappa shape index (κ3) is 5.20. The molecule has 0 bridgehead atoms. The molecule has 0 atom stereocenters. The third-order valence-corrected chi connectivity index (χ3v) is 6.92. The van der Waals surface area contributed by atoms with Crippen molar-refractivity contribution in [1.82, 2.24) is 24.1 Å². The standard InChI is InChI=1S/C31H32N6O6/c1-6-41-29(38)22-16-33-37-27(22)34-24(23-18-36(30(39)43-31(2,3)4)26-21(23)8-7-13-32-26)25-28(37)35(14-15-42-25)17-19-9-11-20(40-5)12-10-19/h7-13,16,18H,6,14-15,17H2,1-5H3. The van der Waals surface area contributed by atoms with Crippen molar-refractivity contribution in [2.24, 2.45) is 0 Å². The summed E-state index contributed by atoms with van der Waals surface area (Å²) in [6.07, 6.45) is 4.14. The van der Waals surface area contributed by atoms with Crippen molar-refractivity contribution >= 4 is 34.6 Å². The van der Waals surface area contributed by atoms with Gasteiger partial charge in [0.25, 0.3) is 0 Å². The zero-order valence-corrected chi connectivity index (χ0v) is 24.7. The van der Waals surface area contributed by atoms with E-state index in [2.05, 4.69) is 15.0 Å². The van der Waals surface area contributed by atoms with Gasteiger partial charge in [-0.05, 0) is 57.5 Å². The highest BCUT2D eigenvalue weighted by molar-refractivity contribution is 6.01. The molecule has 12 nitrogen and oxygen atoms in total. The molecule has 0 unspecified atom stereocenters. The summed E-state index contributed by atoms with van der Waals surface area (Å²) in [4.78, 5) is 37.7. The molecule has 5 heterocycles. The van der Waals surface area contributed by atoms with Crippen LogP contribution in [-0.4, -0.2) is 68.7 Å². The lowest BCUT2D eigenvalue weighted by atomic mass is 10.1. The van der Waals surface area contributed by atoms with E-state index in [0.29, 0.717) is 59.2 Å². The molecule has 1 aromatic carbocycles. The SMILES string of the molecule is CCOC(=O)c1cnn2c3c(c(-c4cn(C(=O)OC(C)(C)C)c5ncccc45)nc12)OCCN3Cc1ccc(OC)cc1. The van der Waals surface area contributed by atoms with E-state index in [1.165, 1.54) is 10.8 Å². The second-order valence-electron chi connectivity index (χ2n) is 11.0. The number of ether oxygens (including phenoxy) is 4. The summed E-state index contributed by atoms with van der Waals surface area (Å²) in [5.74, 6) is 1.32. The fourth-order valence-corrected chi connectivity index (χ4v) is 5.08. The average molecular weight is 585 g/mol. The summed E-state index contributed by atoms with van der Waals surface area (Å²) >= 11 is 0. The minimum Gasteiger partial charge on any atom is -0.497 e. The minimum absolute atomic E-state index is 0.204. The van der Waals surface area contributed by atoms with Gasteiger partial charge in [0.15, 0.2) is 17.2 Å². The van der Waals surface area contributed by atoms with Gasteiger partial charge in [0.2, 0.25) is 0 Å². The average Bonchev–Trinajstić information content (AvgIpc) is 3.59. The van der Waals surface area contributed by atoms with Gasteiger partial charge in [-0.3, -0.25) is 0 Å². The van der Waals surface area contributed by atoms with Crippen molar-refractivity contribution in [3.63, 3.8) is 0 Å². The minimum atomic E-state index is -0.712. The Morgan fingerprint density at radius 2 is 1.88 bits per heavy atom. The lowest BCUT2D eigenvalue weighted by Gasteiger charge is -2.32. The molecule has 6 rings (SSSR count). The first-order chi connectivity index (χ1) is 20.7. The molecular weight excluding hydrogens is 552 g/mol. The van der Waals surface area contributed by atoms with Crippen LogP contribution in [0.5, 0.6) is 11.5 Å². The summed E-state index contributed by atoms with van der Waals surface area (Å²) in [6, 6.07) is 11.5. The van der Waals surface area contributed by atoms with Gasteiger partial charge in [-0.15, -0.1) is 0 Å². The topological polar surface area (TPSA) is 122 Å². The molecule has 222 valence electrons. The molecule has 4 aromatic heterocycles. The van der Waals surface area contributed by atoms with Gasteiger partial charge in [0, 0.05) is 29.9 Å². The maximum atomic E-state index is 13.3. The molecule has 5 aromatic rings. The van der Waals surface area contributed by atoms with E-state index in [1.807, 2.05) is 30.3 Å². The Labute approximate surface area is 247 Å². The van der Waals surface area contributed by atoms with Crippen LogP contribution in [0.15, 0.2) is 55.0 Å². The molecule has 1 aliphatic heterocycles. The molecule has 0 radical (unpaired) electrons. The molecule has 12 heteroatoms. The van der Waals surface area contributed by atoms with Gasteiger partial charge >= 0.3 is 12.1 Å². The molecule has 0 saturated carbocycles. The van der Waals surface area contributed by atoms with Crippen molar-refractivity contribution in [1.29, 1.82) is 0 Å². The number of fused-ring (bicyclic) bond motifs is 4. The van der Waals surface area contributed by atoms with E-state index < -0.39 is 17.7 Å². The van der Waals surface area contributed by atoms with Gasteiger partial charge in [0.05, 0.1) is 26.5 Å². The van der Waals surface area contributed by atoms with Gasteiger partial charge < -0.3 is 23.8 Å². The number of benzene rings is 1. The van der Waals surface area contributed by atoms with E-state index in [0.717, 1.165) is 11.3 Å². The predicted octanol–water partition coefficient (Wildman–Crippen LogP) is 5.11. The predicted molar refractivity (Wildman–Crippen MR) is 159 cm³/mol. The number of anilines is 1. The molecule has 0 fully saturated rings. The van der Waals surface area contributed by atoms with Crippen molar-refractivity contribution in [2.45, 2.75) is 39.8 Å². The van der Waals surface area contributed by atoms with Crippen molar-refractivity contribution in [2.75, 3.05) is 31.8 Å². The van der Waals surface area contributed by atoms with Crippen LogP contribution in [0.4, 0.5) is 10.6 Å². The smallest absolute Gasteiger partial charge is 0.420 e. The number of hydrogen-bond donors (Lipinski definition) is 0. The van der Waals surface area contributed by atoms with Crippen LogP contribution < -0.4 is 14.4 Å². The zero-order valence-electron chi connectivity index (χ0n) is 24.7. The van der Waals surface area contributed by atoms with Crippen LogP contribution in [0, 0.1) is 0 Å². The van der Waals surface area contributed by atoms with Crippen LogP contribution in [0.25, 0.3) is 27.9 Å².